The molecule has 1 aliphatic rings. The summed E-state index contributed by atoms with van der Waals surface area (Å²) in [6.07, 6.45) is 1.86. The SMILES string of the molecule is Cc1cc(N)cc(S(=O)(=O)NC2CC2)c1. The third kappa shape index (κ3) is 2.49. The molecule has 0 unspecified atom stereocenters. The van der Waals surface area contributed by atoms with Crippen LogP contribution in [0.4, 0.5) is 5.69 Å². The number of sulfonamides is 1. The Balaban J connectivity index is 2.34. The van der Waals surface area contributed by atoms with Crippen molar-refractivity contribution in [3.8, 4) is 0 Å². The molecule has 0 aromatic heterocycles. The quantitative estimate of drug-likeness (QED) is 0.756. The zero-order valence-electron chi connectivity index (χ0n) is 8.53. The van der Waals surface area contributed by atoms with Gasteiger partial charge >= 0.3 is 0 Å². The van der Waals surface area contributed by atoms with E-state index in [1.165, 1.54) is 6.07 Å². The lowest BCUT2D eigenvalue weighted by Gasteiger charge is -2.07. The van der Waals surface area contributed by atoms with Gasteiger partial charge < -0.3 is 5.73 Å². The Morgan fingerprint density at radius 3 is 2.53 bits per heavy atom. The van der Waals surface area contributed by atoms with E-state index in [0.717, 1.165) is 18.4 Å². The van der Waals surface area contributed by atoms with E-state index < -0.39 is 10.0 Å². The van der Waals surface area contributed by atoms with Crippen LogP contribution in [0, 0.1) is 6.92 Å². The maximum atomic E-state index is 11.8. The lowest BCUT2D eigenvalue weighted by Crippen LogP contribution is -2.25. The fourth-order valence-electron chi connectivity index (χ4n) is 1.42. The van der Waals surface area contributed by atoms with Crippen LogP contribution in [0.1, 0.15) is 18.4 Å². The molecule has 0 amide bonds. The van der Waals surface area contributed by atoms with Crippen LogP contribution < -0.4 is 10.5 Å². The molecule has 1 fully saturated rings. The third-order valence-corrected chi connectivity index (χ3v) is 3.78. The molecule has 0 radical (unpaired) electrons. The number of aryl methyl sites for hydroxylation is 1. The normalized spacial score (nSPS) is 16.6. The van der Waals surface area contributed by atoms with Crippen molar-refractivity contribution in [3.05, 3.63) is 23.8 Å². The van der Waals surface area contributed by atoms with Crippen LogP contribution in [0.2, 0.25) is 0 Å². The number of anilines is 1. The Kier molecular flexibility index (Phi) is 2.44. The molecular weight excluding hydrogens is 212 g/mol. The van der Waals surface area contributed by atoms with E-state index >= 15 is 0 Å². The van der Waals surface area contributed by atoms with Gasteiger partial charge in [-0.1, -0.05) is 0 Å². The van der Waals surface area contributed by atoms with E-state index in [0.29, 0.717) is 5.69 Å². The fourth-order valence-corrected chi connectivity index (χ4v) is 2.86. The van der Waals surface area contributed by atoms with Gasteiger partial charge in [-0.2, -0.15) is 0 Å². The number of nitrogens with two attached hydrogens (primary N) is 1. The molecule has 5 heteroatoms. The molecule has 0 spiro atoms. The molecule has 4 nitrogen and oxygen atoms in total. The van der Waals surface area contributed by atoms with E-state index in [-0.39, 0.29) is 10.9 Å². The molecule has 3 N–H and O–H groups in total. The van der Waals surface area contributed by atoms with Crippen molar-refractivity contribution in [2.75, 3.05) is 5.73 Å². The number of benzene rings is 1. The molecule has 0 saturated heterocycles. The second-order valence-electron chi connectivity index (χ2n) is 3.97. The second-order valence-corrected chi connectivity index (χ2v) is 5.69. The first-order chi connectivity index (χ1) is 6.97. The first kappa shape index (κ1) is 10.4. The largest absolute Gasteiger partial charge is 0.399 e. The number of hydrogen-bond donors (Lipinski definition) is 2. The van der Waals surface area contributed by atoms with Gasteiger partial charge in [-0.05, 0) is 43.5 Å². The second kappa shape index (κ2) is 3.50. The maximum Gasteiger partial charge on any atom is 0.240 e. The highest BCUT2D eigenvalue weighted by Crippen LogP contribution is 2.23. The average Bonchev–Trinajstić information content (AvgIpc) is 2.85. The summed E-state index contributed by atoms with van der Waals surface area (Å²) in [4.78, 5) is 0.256. The Hall–Kier alpha value is -1.07. The predicted molar refractivity (Wildman–Crippen MR) is 58.9 cm³/mol. The lowest BCUT2D eigenvalue weighted by molar-refractivity contribution is 0.581. The lowest BCUT2D eigenvalue weighted by atomic mass is 10.2. The number of rotatable bonds is 3. The molecule has 2 rings (SSSR count). The van der Waals surface area contributed by atoms with Gasteiger partial charge in [0.1, 0.15) is 0 Å². The van der Waals surface area contributed by atoms with Crippen LogP contribution in [0.3, 0.4) is 0 Å². The van der Waals surface area contributed by atoms with Crippen LogP contribution in [-0.2, 0) is 10.0 Å². The molecule has 0 heterocycles. The van der Waals surface area contributed by atoms with Gasteiger partial charge in [-0.3, -0.25) is 0 Å². The van der Waals surface area contributed by atoms with Crippen LogP contribution >= 0.6 is 0 Å². The summed E-state index contributed by atoms with van der Waals surface area (Å²) in [6, 6.07) is 4.98. The van der Waals surface area contributed by atoms with Gasteiger partial charge in [0, 0.05) is 11.7 Å². The summed E-state index contributed by atoms with van der Waals surface area (Å²) in [5.41, 5.74) is 6.94. The Labute approximate surface area is 89.5 Å². The summed E-state index contributed by atoms with van der Waals surface area (Å²) in [7, 11) is -3.37. The monoisotopic (exact) mass is 226 g/mol. The van der Waals surface area contributed by atoms with Crippen molar-refractivity contribution in [2.24, 2.45) is 0 Å². The van der Waals surface area contributed by atoms with E-state index in [1.807, 2.05) is 6.92 Å². The summed E-state index contributed by atoms with van der Waals surface area (Å²) in [5, 5.41) is 0. The van der Waals surface area contributed by atoms with Gasteiger partial charge in [0.25, 0.3) is 0 Å². The summed E-state index contributed by atoms with van der Waals surface area (Å²) in [6.45, 7) is 1.83. The number of nitrogens with one attached hydrogen (secondary N) is 1. The Bertz CT molecular complexity index is 458. The molecule has 82 valence electrons. The van der Waals surface area contributed by atoms with E-state index in [4.69, 9.17) is 5.73 Å². The Morgan fingerprint density at radius 1 is 1.33 bits per heavy atom. The topological polar surface area (TPSA) is 72.2 Å². The zero-order chi connectivity index (χ0) is 11.1. The average molecular weight is 226 g/mol. The molecule has 1 aromatic rings. The van der Waals surface area contributed by atoms with Crippen LogP contribution in [-0.4, -0.2) is 14.5 Å². The van der Waals surface area contributed by atoms with Crippen molar-refractivity contribution in [1.82, 2.24) is 4.72 Å². The van der Waals surface area contributed by atoms with Crippen molar-refractivity contribution < 1.29 is 8.42 Å². The van der Waals surface area contributed by atoms with Crippen molar-refractivity contribution in [2.45, 2.75) is 30.7 Å². The number of hydrogen-bond acceptors (Lipinski definition) is 3. The van der Waals surface area contributed by atoms with Crippen molar-refractivity contribution in [3.63, 3.8) is 0 Å². The molecular formula is C10H14N2O2S. The molecule has 0 aliphatic heterocycles. The van der Waals surface area contributed by atoms with E-state index in [2.05, 4.69) is 4.72 Å². The molecule has 1 aromatic carbocycles. The molecule has 1 aliphatic carbocycles. The molecule has 15 heavy (non-hydrogen) atoms. The van der Waals surface area contributed by atoms with Crippen molar-refractivity contribution >= 4 is 15.7 Å². The minimum Gasteiger partial charge on any atom is -0.399 e. The van der Waals surface area contributed by atoms with Crippen LogP contribution in [0.5, 0.6) is 0 Å². The van der Waals surface area contributed by atoms with Crippen molar-refractivity contribution in [1.29, 1.82) is 0 Å². The van der Waals surface area contributed by atoms with Crippen LogP contribution in [0.15, 0.2) is 23.1 Å². The smallest absolute Gasteiger partial charge is 0.240 e. The predicted octanol–water partition coefficient (Wildman–Crippen LogP) is 1.02. The van der Waals surface area contributed by atoms with Gasteiger partial charge in [0.05, 0.1) is 4.90 Å². The maximum absolute atomic E-state index is 11.8. The molecule has 0 bridgehead atoms. The summed E-state index contributed by atoms with van der Waals surface area (Å²) in [5.74, 6) is 0. The molecule has 0 atom stereocenters. The minimum absolute atomic E-state index is 0.122. The van der Waals surface area contributed by atoms with Gasteiger partial charge in [-0.25, -0.2) is 13.1 Å². The summed E-state index contributed by atoms with van der Waals surface area (Å²) >= 11 is 0. The minimum atomic E-state index is -3.37. The Morgan fingerprint density at radius 2 is 2.00 bits per heavy atom. The highest BCUT2D eigenvalue weighted by Gasteiger charge is 2.28. The molecule has 1 saturated carbocycles. The highest BCUT2D eigenvalue weighted by atomic mass is 32.2. The first-order valence-corrected chi connectivity index (χ1v) is 6.35. The summed E-state index contributed by atoms with van der Waals surface area (Å²) < 4.78 is 26.3. The van der Waals surface area contributed by atoms with E-state index in [9.17, 15) is 8.42 Å². The number of nitrogen functional groups attached to an aromatic ring is 1. The van der Waals surface area contributed by atoms with Gasteiger partial charge in [0.15, 0.2) is 0 Å². The first-order valence-electron chi connectivity index (χ1n) is 4.87. The van der Waals surface area contributed by atoms with Crippen LogP contribution in [0.25, 0.3) is 0 Å². The zero-order valence-corrected chi connectivity index (χ0v) is 9.34. The third-order valence-electron chi connectivity index (χ3n) is 2.28. The standard InChI is InChI=1S/C10H14N2O2S/c1-7-4-8(11)6-10(5-7)15(13,14)12-9-2-3-9/h4-6,9,12H,2-3,11H2,1H3. The highest BCUT2D eigenvalue weighted by molar-refractivity contribution is 7.89. The van der Waals surface area contributed by atoms with Gasteiger partial charge in [-0.15, -0.1) is 0 Å². The van der Waals surface area contributed by atoms with Gasteiger partial charge in [0.2, 0.25) is 10.0 Å². The fraction of sp³-hybridized carbons (Fsp3) is 0.400. The van der Waals surface area contributed by atoms with E-state index in [1.54, 1.807) is 12.1 Å².